The highest BCUT2D eigenvalue weighted by Gasteiger charge is 2.20. The van der Waals surface area contributed by atoms with Gasteiger partial charge in [0.2, 0.25) is 11.6 Å². The van der Waals surface area contributed by atoms with Crippen molar-refractivity contribution in [3.8, 4) is 0 Å². The molecule has 0 aliphatic heterocycles. The first kappa shape index (κ1) is 13.8. The lowest BCUT2D eigenvalue weighted by molar-refractivity contribution is 0.410. The summed E-state index contributed by atoms with van der Waals surface area (Å²) < 4.78 is 52.5. The molecule has 0 saturated carbocycles. The van der Waals surface area contributed by atoms with Crippen LogP contribution in [0, 0.1) is 23.5 Å². The van der Waals surface area contributed by atoms with Crippen molar-refractivity contribution in [3.63, 3.8) is 0 Å². The minimum atomic E-state index is -1.66. The molecular formula is C12H10F4N2S. The van der Waals surface area contributed by atoms with E-state index < -0.39 is 29.2 Å². The Kier molecular flexibility index (Phi) is 4.04. The number of thiophene rings is 1. The molecule has 0 amide bonds. The third kappa shape index (κ3) is 2.70. The predicted octanol–water partition coefficient (Wildman–Crippen LogP) is 3.87. The molecule has 0 fully saturated rings. The summed E-state index contributed by atoms with van der Waals surface area (Å²) in [6.45, 7) is 2.04. The fourth-order valence-electron chi connectivity index (χ4n) is 1.65. The Balaban J connectivity index is 2.25. The molecule has 2 aromatic heterocycles. The highest BCUT2D eigenvalue weighted by molar-refractivity contribution is 7.10. The lowest BCUT2D eigenvalue weighted by Gasteiger charge is -2.09. The molecule has 1 N–H and O–H groups in total. The van der Waals surface area contributed by atoms with Crippen molar-refractivity contribution in [2.75, 3.05) is 5.32 Å². The Morgan fingerprint density at radius 2 is 1.79 bits per heavy atom. The third-order valence-corrected chi connectivity index (χ3v) is 3.61. The van der Waals surface area contributed by atoms with Crippen molar-refractivity contribution in [3.05, 3.63) is 45.4 Å². The summed E-state index contributed by atoms with van der Waals surface area (Å²) in [5, 5.41) is 4.22. The van der Waals surface area contributed by atoms with Crippen molar-refractivity contribution < 1.29 is 17.6 Å². The van der Waals surface area contributed by atoms with Gasteiger partial charge in [-0.2, -0.15) is 22.5 Å². The summed E-state index contributed by atoms with van der Waals surface area (Å²) in [7, 11) is 0. The van der Waals surface area contributed by atoms with E-state index in [4.69, 9.17) is 0 Å². The SMILES string of the molecule is CCc1ccsc1CNc1c(F)c(F)nc(F)c1F. The van der Waals surface area contributed by atoms with Gasteiger partial charge in [-0.1, -0.05) is 6.92 Å². The number of hydrogen-bond acceptors (Lipinski definition) is 3. The van der Waals surface area contributed by atoms with Gasteiger partial charge in [0, 0.05) is 11.4 Å². The van der Waals surface area contributed by atoms with Gasteiger partial charge in [-0.15, -0.1) is 11.3 Å². The number of nitrogens with zero attached hydrogens (tertiary/aromatic N) is 1. The molecule has 102 valence electrons. The monoisotopic (exact) mass is 290 g/mol. The van der Waals surface area contributed by atoms with E-state index in [0.717, 1.165) is 16.9 Å². The molecule has 7 heteroatoms. The quantitative estimate of drug-likeness (QED) is 0.683. The number of anilines is 1. The van der Waals surface area contributed by atoms with Gasteiger partial charge in [0.05, 0.1) is 0 Å². The smallest absolute Gasteiger partial charge is 0.253 e. The van der Waals surface area contributed by atoms with E-state index in [0.29, 0.717) is 0 Å². The highest BCUT2D eigenvalue weighted by atomic mass is 32.1. The minimum Gasteiger partial charge on any atom is -0.375 e. The van der Waals surface area contributed by atoms with Crippen LogP contribution in [-0.4, -0.2) is 4.98 Å². The minimum absolute atomic E-state index is 0.0948. The summed E-state index contributed by atoms with van der Waals surface area (Å²) in [6.07, 6.45) is 0.768. The first-order chi connectivity index (χ1) is 9.04. The van der Waals surface area contributed by atoms with Crippen LogP contribution in [0.4, 0.5) is 23.2 Å². The van der Waals surface area contributed by atoms with Crippen molar-refractivity contribution in [1.29, 1.82) is 0 Å². The Bertz CT molecular complexity index is 571. The Labute approximate surface area is 111 Å². The van der Waals surface area contributed by atoms with E-state index in [1.54, 1.807) is 0 Å². The van der Waals surface area contributed by atoms with Crippen molar-refractivity contribution in [2.24, 2.45) is 0 Å². The highest BCUT2D eigenvalue weighted by Crippen LogP contribution is 2.24. The average Bonchev–Trinajstić information content (AvgIpc) is 2.84. The second-order valence-electron chi connectivity index (χ2n) is 3.77. The molecular weight excluding hydrogens is 280 g/mol. The van der Waals surface area contributed by atoms with Crippen molar-refractivity contribution in [2.45, 2.75) is 19.9 Å². The predicted molar refractivity (Wildman–Crippen MR) is 65.1 cm³/mol. The maximum absolute atomic E-state index is 13.4. The second kappa shape index (κ2) is 5.56. The van der Waals surface area contributed by atoms with E-state index in [1.165, 1.54) is 11.3 Å². The van der Waals surface area contributed by atoms with E-state index in [-0.39, 0.29) is 6.54 Å². The van der Waals surface area contributed by atoms with Gasteiger partial charge in [-0.3, -0.25) is 0 Å². The molecule has 2 heterocycles. The largest absolute Gasteiger partial charge is 0.375 e. The van der Waals surface area contributed by atoms with Crippen LogP contribution in [0.3, 0.4) is 0 Å². The molecule has 0 bridgehead atoms. The molecule has 0 aromatic carbocycles. The van der Waals surface area contributed by atoms with Crippen LogP contribution < -0.4 is 5.32 Å². The first-order valence-corrected chi connectivity index (χ1v) is 6.41. The Morgan fingerprint density at radius 1 is 1.16 bits per heavy atom. The first-order valence-electron chi connectivity index (χ1n) is 5.53. The summed E-state index contributed by atoms with van der Waals surface area (Å²) >= 11 is 1.40. The van der Waals surface area contributed by atoms with Crippen molar-refractivity contribution >= 4 is 17.0 Å². The molecule has 0 aliphatic carbocycles. The molecule has 0 spiro atoms. The van der Waals surface area contributed by atoms with Crippen LogP contribution in [-0.2, 0) is 13.0 Å². The molecule has 0 radical (unpaired) electrons. The van der Waals surface area contributed by atoms with Crippen LogP contribution in [0.25, 0.3) is 0 Å². The van der Waals surface area contributed by atoms with Gasteiger partial charge in [0.25, 0.3) is 11.9 Å². The van der Waals surface area contributed by atoms with Crippen molar-refractivity contribution in [1.82, 2.24) is 4.98 Å². The normalized spacial score (nSPS) is 10.8. The average molecular weight is 290 g/mol. The molecule has 2 rings (SSSR count). The topological polar surface area (TPSA) is 24.9 Å². The lowest BCUT2D eigenvalue weighted by atomic mass is 10.2. The standard InChI is InChI=1S/C12H10F4N2S/c1-2-6-3-4-19-7(6)5-17-10-8(13)11(15)18-12(16)9(10)14/h3-4H,2,5H2,1H3,(H,17,18). The zero-order valence-corrected chi connectivity index (χ0v) is 10.8. The summed E-state index contributed by atoms with van der Waals surface area (Å²) in [5.74, 6) is -6.37. The van der Waals surface area contributed by atoms with E-state index in [2.05, 4.69) is 10.3 Å². The van der Waals surface area contributed by atoms with Crippen LogP contribution in [0.2, 0.25) is 0 Å². The van der Waals surface area contributed by atoms with Gasteiger partial charge < -0.3 is 5.32 Å². The number of pyridine rings is 1. The van der Waals surface area contributed by atoms with Gasteiger partial charge in [-0.25, -0.2) is 0 Å². The zero-order chi connectivity index (χ0) is 14.0. The molecule has 0 aliphatic rings. The number of hydrogen-bond donors (Lipinski definition) is 1. The van der Waals surface area contributed by atoms with Gasteiger partial charge in [-0.05, 0) is 23.4 Å². The summed E-state index contributed by atoms with van der Waals surface area (Å²) in [5.41, 5.74) is 0.189. The molecule has 2 nitrogen and oxygen atoms in total. The zero-order valence-electron chi connectivity index (χ0n) is 9.94. The van der Waals surface area contributed by atoms with E-state index in [9.17, 15) is 17.6 Å². The van der Waals surface area contributed by atoms with Crippen LogP contribution >= 0.6 is 11.3 Å². The maximum atomic E-state index is 13.4. The maximum Gasteiger partial charge on any atom is 0.253 e. The number of rotatable bonds is 4. The third-order valence-electron chi connectivity index (χ3n) is 2.64. The number of aromatic nitrogens is 1. The second-order valence-corrected chi connectivity index (χ2v) is 4.77. The Hall–Kier alpha value is -1.63. The Morgan fingerprint density at radius 3 is 2.37 bits per heavy atom. The number of aryl methyl sites for hydroxylation is 1. The molecule has 2 aromatic rings. The molecule has 0 unspecified atom stereocenters. The van der Waals surface area contributed by atoms with Crippen LogP contribution in [0.15, 0.2) is 11.4 Å². The summed E-state index contributed by atoms with van der Waals surface area (Å²) in [4.78, 5) is 3.35. The van der Waals surface area contributed by atoms with Crippen LogP contribution in [0.5, 0.6) is 0 Å². The number of nitrogens with one attached hydrogen (secondary N) is 1. The van der Waals surface area contributed by atoms with Gasteiger partial charge in [0.1, 0.15) is 5.69 Å². The van der Waals surface area contributed by atoms with E-state index in [1.807, 2.05) is 18.4 Å². The fourth-order valence-corrected chi connectivity index (χ4v) is 2.56. The van der Waals surface area contributed by atoms with Gasteiger partial charge in [0.15, 0.2) is 0 Å². The molecule has 0 atom stereocenters. The van der Waals surface area contributed by atoms with Crippen LogP contribution in [0.1, 0.15) is 17.4 Å². The number of halogens is 4. The fraction of sp³-hybridized carbons (Fsp3) is 0.250. The summed E-state index contributed by atoms with van der Waals surface area (Å²) in [6, 6.07) is 1.89. The molecule has 0 saturated heterocycles. The van der Waals surface area contributed by atoms with E-state index >= 15 is 0 Å². The van der Waals surface area contributed by atoms with Gasteiger partial charge >= 0.3 is 0 Å². The lowest BCUT2D eigenvalue weighted by Crippen LogP contribution is -2.09. The molecule has 19 heavy (non-hydrogen) atoms.